The van der Waals surface area contributed by atoms with E-state index in [1.165, 1.54) is 0 Å². The van der Waals surface area contributed by atoms with Crippen LogP contribution in [0.2, 0.25) is 0 Å². The lowest BCUT2D eigenvalue weighted by Gasteiger charge is -2.33. The van der Waals surface area contributed by atoms with Crippen LogP contribution in [0.3, 0.4) is 0 Å². The third kappa shape index (κ3) is 2.07. The molecule has 0 aromatic heterocycles. The number of hydrogen-bond donors (Lipinski definition) is 1. The molecule has 0 radical (unpaired) electrons. The Labute approximate surface area is 74.0 Å². The van der Waals surface area contributed by atoms with Crippen LogP contribution in [-0.2, 0) is 4.79 Å². The van der Waals surface area contributed by atoms with Gasteiger partial charge in [-0.2, -0.15) is 0 Å². The summed E-state index contributed by atoms with van der Waals surface area (Å²) in [6.45, 7) is 5.90. The van der Waals surface area contributed by atoms with E-state index in [0.29, 0.717) is 12.3 Å². The molecular weight excluding hydrogens is 152 g/mol. The molecule has 0 aromatic rings. The molecule has 0 aliphatic heterocycles. The zero-order valence-electron chi connectivity index (χ0n) is 8.13. The zero-order valence-corrected chi connectivity index (χ0v) is 8.13. The fourth-order valence-electron chi connectivity index (χ4n) is 1.93. The molecule has 2 heteroatoms. The number of aliphatic hydroxyl groups is 1. The van der Waals surface area contributed by atoms with E-state index in [2.05, 4.69) is 13.8 Å². The van der Waals surface area contributed by atoms with Crippen molar-refractivity contribution in [3.63, 3.8) is 0 Å². The highest BCUT2D eigenvalue weighted by molar-refractivity contribution is 5.83. The van der Waals surface area contributed by atoms with Crippen molar-refractivity contribution in [2.24, 2.45) is 11.8 Å². The van der Waals surface area contributed by atoms with Crippen molar-refractivity contribution in [3.8, 4) is 0 Å². The Bertz CT molecular complexity index is 182. The number of carbonyl (C=O) groups is 1. The number of Topliss-reactive ketones (excluding diaryl/α,β-unsaturated/α-hetero) is 1. The molecule has 1 saturated carbocycles. The van der Waals surface area contributed by atoms with E-state index >= 15 is 0 Å². The zero-order chi connectivity index (χ0) is 9.35. The lowest BCUT2D eigenvalue weighted by Crippen LogP contribution is -2.38. The van der Waals surface area contributed by atoms with E-state index in [1.807, 2.05) is 0 Å². The van der Waals surface area contributed by atoms with Gasteiger partial charge in [-0.3, -0.25) is 4.79 Å². The Kier molecular flexibility index (Phi) is 2.57. The molecule has 1 N–H and O–H groups in total. The Morgan fingerprint density at radius 2 is 2.17 bits per heavy atom. The van der Waals surface area contributed by atoms with Gasteiger partial charge in [-0.25, -0.2) is 0 Å². The van der Waals surface area contributed by atoms with E-state index in [0.717, 1.165) is 12.8 Å². The maximum absolute atomic E-state index is 11.5. The molecule has 70 valence electrons. The minimum atomic E-state index is -0.734. The highest BCUT2D eigenvalue weighted by atomic mass is 16.3. The van der Waals surface area contributed by atoms with Crippen LogP contribution in [0.4, 0.5) is 0 Å². The van der Waals surface area contributed by atoms with Crippen LogP contribution in [0.5, 0.6) is 0 Å². The third-order valence-corrected chi connectivity index (χ3v) is 2.77. The summed E-state index contributed by atoms with van der Waals surface area (Å²) in [6.07, 6.45) is 1.96. The minimum absolute atomic E-state index is 0.185. The van der Waals surface area contributed by atoms with Gasteiger partial charge < -0.3 is 5.11 Å². The largest absolute Gasteiger partial charge is 0.390 e. The van der Waals surface area contributed by atoms with Crippen molar-refractivity contribution in [2.45, 2.75) is 45.6 Å². The van der Waals surface area contributed by atoms with Gasteiger partial charge in [-0.05, 0) is 25.7 Å². The number of hydrogen-bond acceptors (Lipinski definition) is 2. The predicted molar refractivity (Wildman–Crippen MR) is 47.8 cm³/mol. The number of ketones is 1. The molecule has 0 amide bonds. The molecule has 1 aliphatic rings. The molecule has 1 fully saturated rings. The van der Waals surface area contributed by atoms with Gasteiger partial charge in [0.05, 0.1) is 5.60 Å². The first-order valence-corrected chi connectivity index (χ1v) is 4.67. The normalized spacial score (nSPS) is 37.4. The van der Waals surface area contributed by atoms with Crippen molar-refractivity contribution in [2.75, 3.05) is 0 Å². The second-order valence-corrected chi connectivity index (χ2v) is 4.53. The van der Waals surface area contributed by atoms with Crippen molar-refractivity contribution >= 4 is 5.78 Å². The number of carbonyl (C=O) groups excluding carboxylic acids is 1. The molecule has 12 heavy (non-hydrogen) atoms. The summed E-state index contributed by atoms with van der Waals surface area (Å²) >= 11 is 0. The molecule has 1 rings (SSSR count). The number of rotatable bonds is 1. The molecule has 0 bridgehead atoms. The Morgan fingerprint density at radius 1 is 1.58 bits per heavy atom. The van der Waals surface area contributed by atoms with Crippen molar-refractivity contribution in [3.05, 3.63) is 0 Å². The molecule has 2 nitrogen and oxygen atoms in total. The molecule has 0 heterocycles. The monoisotopic (exact) mass is 170 g/mol. The standard InChI is InChI=1S/C10H18O2/c1-7(2)8-4-5-10(3,12)6-9(8)11/h7-8,12H,4-6H2,1-3H3. The van der Waals surface area contributed by atoms with Crippen LogP contribution >= 0.6 is 0 Å². The first-order chi connectivity index (χ1) is 5.42. The maximum atomic E-state index is 11.5. The van der Waals surface area contributed by atoms with Crippen LogP contribution in [0.15, 0.2) is 0 Å². The summed E-state index contributed by atoms with van der Waals surface area (Å²) in [4.78, 5) is 11.5. The average molecular weight is 170 g/mol. The average Bonchev–Trinajstić information content (AvgIpc) is 1.83. The highest BCUT2D eigenvalue weighted by Crippen LogP contribution is 2.32. The van der Waals surface area contributed by atoms with Gasteiger partial charge in [0, 0.05) is 12.3 Å². The van der Waals surface area contributed by atoms with Crippen LogP contribution in [0.1, 0.15) is 40.0 Å². The Balaban J connectivity index is 2.60. The summed E-state index contributed by atoms with van der Waals surface area (Å²) in [7, 11) is 0. The fraction of sp³-hybridized carbons (Fsp3) is 0.900. The Hall–Kier alpha value is -0.370. The summed E-state index contributed by atoms with van der Waals surface area (Å²) in [5.74, 6) is 0.847. The maximum Gasteiger partial charge on any atom is 0.139 e. The van der Waals surface area contributed by atoms with Crippen molar-refractivity contribution < 1.29 is 9.90 Å². The lowest BCUT2D eigenvalue weighted by molar-refractivity contribution is -0.133. The summed E-state index contributed by atoms with van der Waals surface area (Å²) in [5, 5.41) is 9.62. The molecule has 0 saturated heterocycles. The first kappa shape index (κ1) is 9.72. The molecule has 0 aromatic carbocycles. The minimum Gasteiger partial charge on any atom is -0.390 e. The van der Waals surface area contributed by atoms with E-state index in [1.54, 1.807) is 6.92 Å². The smallest absolute Gasteiger partial charge is 0.139 e. The summed E-state index contributed by atoms with van der Waals surface area (Å²) < 4.78 is 0. The van der Waals surface area contributed by atoms with Gasteiger partial charge in [0.1, 0.15) is 5.78 Å². The van der Waals surface area contributed by atoms with Gasteiger partial charge in [0.15, 0.2) is 0 Å². The molecule has 0 spiro atoms. The Morgan fingerprint density at radius 3 is 2.58 bits per heavy atom. The summed E-state index contributed by atoms with van der Waals surface area (Å²) in [6, 6.07) is 0. The van der Waals surface area contributed by atoms with Gasteiger partial charge >= 0.3 is 0 Å². The molecule has 2 unspecified atom stereocenters. The van der Waals surface area contributed by atoms with Gasteiger partial charge in [-0.1, -0.05) is 13.8 Å². The topological polar surface area (TPSA) is 37.3 Å². The van der Waals surface area contributed by atoms with E-state index in [4.69, 9.17) is 0 Å². The molecular formula is C10H18O2. The third-order valence-electron chi connectivity index (χ3n) is 2.77. The van der Waals surface area contributed by atoms with Crippen LogP contribution < -0.4 is 0 Å². The van der Waals surface area contributed by atoms with Crippen molar-refractivity contribution in [1.29, 1.82) is 0 Å². The second kappa shape index (κ2) is 3.17. The SMILES string of the molecule is CC(C)C1CCC(C)(O)CC1=O. The van der Waals surface area contributed by atoms with Crippen LogP contribution in [0, 0.1) is 11.8 Å². The molecule has 1 aliphatic carbocycles. The van der Waals surface area contributed by atoms with Gasteiger partial charge in [0.25, 0.3) is 0 Å². The summed E-state index contributed by atoms with van der Waals surface area (Å²) in [5.41, 5.74) is -0.734. The predicted octanol–water partition coefficient (Wildman–Crippen LogP) is 1.76. The van der Waals surface area contributed by atoms with Gasteiger partial charge in [0.2, 0.25) is 0 Å². The lowest BCUT2D eigenvalue weighted by atomic mass is 9.74. The van der Waals surface area contributed by atoms with E-state index in [9.17, 15) is 9.90 Å². The van der Waals surface area contributed by atoms with Crippen molar-refractivity contribution in [1.82, 2.24) is 0 Å². The molecule has 2 atom stereocenters. The fourth-order valence-corrected chi connectivity index (χ4v) is 1.93. The highest BCUT2D eigenvalue weighted by Gasteiger charge is 2.35. The van der Waals surface area contributed by atoms with E-state index in [-0.39, 0.29) is 11.7 Å². The van der Waals surface area contributed by atoms with Crippen LogP contribution in [-0.4, -0.2) is 16.5 Å². The van der Waals surface area contributed by atoms with Gasteiger partial charge in [-0.15, -0.1) is 0 Å². The quantitative estimate of drug-likeness (QED) is 0.651. The van der Waals surface area contributed by atoms with E-state index < -0.39 is 5.60 Å². The van der Waals surface area contributed by atoms with Crippen LogP contribution in [0.25, 0.3) is 0 Å². The first-order valence-electron chi connectivity index (χ1n) is 4.67. The second-order valence-electron chi connectivity index (χ2n) is 4.53.